The predicted octanol–water partition coefficient (Wildman–Crippen LogP) is 5.70. The lowest BCUT2D eigenvalue weighted by atomic mass is 10.1. The monoisotopic (exact) mass is 448 g/mol. The van der Waals surface area contributed by atoms with Gasteiger partial charge >= 0.3 is 0 Å². The molecular formula is C21H22Cl2N4OS. The van der Waals surface area contributed by atoms with E-state index >= 15 is 0 Å². The van der Waals surface area contributed by atoms with E-state index in [4.69, 9.17) is 23.2 Å². The van der Waals surface area contributed by atoms with E-state index in [1.165, 1.54) is 0 Å². The zero-order valence-corrected chi connectivity index (χ0v) is 18.8. The van der Waals surface area contributed by atoms with Gasteiger partial charge in [-0.15, -0.1) is 10.2 Å². The predicted molar refractivity (Wildman–Crippen MR) is 119 cm³/mol. The number of nitrogens with zero attached hydrogens (tertiary/aromatic N) is 3. The standard InChI is InChI=1S/C21H22Cl2N4OS/c1-4-27-19(14(3)24-20(28)16-8-6-5-7-13(16)2)25-26-21(27)29-12-15-9-10-17(22)18(23)11-15/h5-11,14H,4,12H2,1-3H3,(H,24,28). The first-order valence-corrected chi connectivity index (χ1v) is 11.0. The Morgan fingerprint density at radius 2 is 1.93 bits per heavy atom. The molecule has 29 heavy (non-hydrogen) atoms. The van der Waals surface area contributed by atoms with Crippen molar-refractivity contribution in [3.8, 4) is 0 Å². The van der Waals surface area contributed by atoms with Crippen LogP contribution in [-0.4, -0.2) is 20.7 Å². The Morgan fingerprint density at radius 1 is 1.17 bits per heavy atom. The van der Waals surface area contributed by atoms with E-state index in [1.807, 2.05) is 61.7 Å². The first-order chi connectivity index (χ1) is 13.9. The van der Waals surface area contributed by atoms with E-state index in [-0.39, 0.29) is 11.9 Å². The van der Waals surface area contributed by atoms with Crippen molar-refractivity contribution in [3.63, 3.8) is 0 Å². The highest BCUT2D eigenvalue weighted by molar-refractivity contribution is 7.98. The molecule has 0 bridgehead atoms. The minimum Gasteiger partial charge on any atom is -0.342 e. The van der Waals surface area contributed by atoms with Gasteiger partial charge in [-0.1, -0.05) is 59.2 Å². The Hall–Kier alpha value is -2.02. The van der Waals surface area contributed by atoms with Crippen LogP contribution >= 0.6 is 35.0 Å². The Balaban J connectivity index is 1.72. The van der Waals surface area contributed by atoms with Crippen LogP contribution in [0.4, 0.5) is 0 Å². The van der Waals surface area contributed by atoms with Crippen LogP contribution in [-0.2, 0) is 12.3 Å². The second-order valence-electron chi connectivity index (χ2n) is 6.63. The fourth-order valence-corrected chi connectivity index (χ4v) is 4.24. The third-order valence-electron chi connectivity index (χ3n) is 4.54. The highest BCUT2D eigenvalue weighted by Crippen LogP contribution is 2.28. The number of nitrogens with one attached hydrogen (secondary N) is 1. The zero-order valence-electron chi connectivity index (χ0n) is 16.4. The van der Waals surface area contributed by atoms with E-state index < -0.39 is 0 Å². The lowest BCUT2D eigenvalue weighted by molar-refractivity contribution is 0.0937. The minimum atomic E-state index is -0.270. The number of halogens is 2. The molecule has 0 saturated carbocycles. The summed E-state index contributed by atoms with van der Waals surface area (Å²) in [7, 11) is 0. The van der Waals surface area contributed by atoms with E-state index in [1.54, 1.807) is 17.8 Å². The Morgan fingerprint density at radius 3 is 2.62 bits per heavy atom. The number of aromatic nitrogens is 3. The maximum Gasteiger partial charge on any atom is 0.252 e. The van der Waals surface area contributed by atoms with Crippen LogP contribution in [0, 0.1) is 6.92 Å². The molecule has 5 nitrogen and oxygen atoms in total. The van der Waals surface area contributed by atoms with E-state index in [0.29, 0.717) is 27.9 Å². The smallest absolute Gasteiger partial charge is 0.252 e. The fourth-order valence-electron chi connectivity index (χ4n) is 2.97. The third-order valence-corrected chi connectivity index (χ3v) is 6.32. The molecule has 1 aromatic heterocycles. The largest absolute Gasteiger partial charge is 0.342 e. The van der Waals surface area contributed by atoms with Crippen molar-refractivity contribution >= 4 is 40.9 Å². The molecule has 0 fully saturated rings. The van der Waals surface area contributed by atoms with Crippen molar-refractivity contribution in [2.45, 2.75) is 44.3 Å². The molecule has 152 valence electrons. The molecule has 0 aliphatic heterocycles. The van der Waals surface area contributed by atoms with Gasteiger partial charge in [-0.25, -0.2) is 0 Å². The van der Waals surface area contributed by atoms with Crippen molar-refractivity contribution in [1.82, 2.24) is 20.1 Å². The third kappa shape index (κ3) is 5.13. The zero-order chi connectivity index (χ0) is 21.0. The van der Waals surface area contributed by atoms with Crippen LogP contribution in [0.1, 0.15) is 47.2 Å². The molecule has 2 aromatic carbocycles. The second-order valence-corrected chi connectivity index (χ2v) is 8.39. The number of amides is 1. The van der Waals surface area contributed by atoms with Crippen LogP contribution in [0.3, 0.4) is 0 Å². The van der Waals surface area contributed by atoms with Crippen molar-refractivity contribution in [2.75, 3.05) is 0 Å². The van der Waals surface area contributed by atoms with Crippen LogP contribution in [0.15, 0.2) is 47.6 Å². The molecule has 3 rings (SSSR count). The summed E-state index contributed by atoms with van der Waals surface area (Å²) in [5.74, 6) is 1.30. The maximum atomic E-state index is 12.6. The number of rotatable bonds is 7. The summed E-state index contributed by atoms with van der Waals surface area (Å²) in [5.41, 5.74) is 2.65. The van der Waals surface area contributed by atoms with Crippen LogP contribution in [0.2, 0.25) is 10.0 Å². The maximum absolute atomic E-state index is 12.6. The van der Waals surface area contributed by atoms with Crippen molar-refractivity contribution < 1.29 is 4.79 Å². The van der Waals surface area contributed by atoms with Crippen molar-refractivity contribution in [2.24, 2.45) is 0 Å². The van der Waals surface area contributed by atoms with Gasteiger partial charge in [-0.05, 0) is 50.1 Å². The average molecular weight is 449 g/mol. The molecule has 1 unspecified atom stereocenters. The molecule has 1 amide bonds. The van der Waals surface area contributed by atoms with Crippen molar-refractivity contribution in [1.29, 1.82) is 0 Å². The summed E-state index contributed by atoms with van der Waals surface area (Å²) in [6, 6.07) is 12.8. The second kappa shape index (κ2) is 9.65. The van der Waals surface area contributed by atoms with Gasteiger partial charge < -0.3 is 9.88 Å². The van der Waals surface area contributed by atoms with Crippen LogP contribution in [0.25, 0.3) is 0 Å². The van der Waals surface area contributed by atoms with Gasteiger partial charge in [0.25, 0.3) is 5.91 Å². The van der Waals surface area contributed by atoms with Gasteiger partial charge in [0.15, 0.2) is 11.0 Å². The number of carbonyl (C=O) groups excluding carboxylic acids is 1. The van der Waals surface area contributed by atoms with Gasteiger partial charge in [0.2, 0.25) is 0 Å². The van der Waals surface area contributed by atoms with Gasteiger partial charge in [0.1, 0.15) is 0 Å². The van der Waals surface area contributed by atoms with Gasteiger partial charge in [0, 0.05) is 17.9 Å². The lowest BCUT2D eigenvalue weighted by Gasteiger charge is -2.16. The van der Waals surface area contributed by atoms with Gasteiger partial charge in [-0.3, -0.25) is 4.79 Å². The summed E-state index contributed by atoms with van der Waals surface area (Å²) < 4.78 is 2.02. The number of hydrogen-bond acceptors (Lipinski definition) is 4. The Labute approximate surface area is 184 Å². The molecule has 0 spiro atoms. The molecule has 1 heterocycles. The molecule has 0 aliphatic rings. The summed E-state index contributed by atoms with van der Waals surface area (Å²) in [5, 5.41) is 13.6. The first-order valence-electron chi connectivity index (χ1n) is 9.27. The molecular weight excluding hydrogens is 427 g/mol. The van der Waals surface area contributed by atoms with Crippen LogP contribution in [0.5, 0.6) is 0 Å². The molecule has 0 aliphatic carbocycles. The number of hydrogen-bond donors (Lipinski definition) is 1. The Bertz CT molecular complexity index is 1020. The van der Waals surface area contributed by atoms with Gasteiger partial charge in [-0.2, -0.15) is 0 Å². The Kier molecular flexibility index (Phi) is 7.22. The van der Waals surface area contributed by atoms with Crippen molar-refractivity contribution in [3.05, 3.63) is 75.0 Å². The number of aryl methyl sites for hydroxylation is 1. The summed E-state index contributed by atoms with van der Waals surface area (Å²) in [6.07, 6.45) is 0. The minimum absolute atomic E-state index is 0.119. The molecule has 8 heteroatoms. The lowest BCUT2D eigenvalue weighted by Crippen LogP contribution is -2.29. The quantitative estimate of drug-likeness (QED) is 0.471. The SMILES string of the molecule is CCn1c(SCc2ccc(Cl)c(Cl)c2)nnc1C(C)NC(=O)c1ccccc1C. The topological polar surface area (TPSA) is 59.8 Å². The molecule has 3 aromatic rings. The molecule has 0 radical (unpaired) electrons. The molecule has 0 saturated heterocycles. The summed E-state index contributed by atoms with van der Waals surface area (Å²) >= 11 is 13.6. The summed E-state index contributed by atoms with van der Waals surface area (Å²) in [4.78, 5) is 12.6. The van der Waals surface area contributed by atoms with E-state index in [2.05, 4.69) is 15.5 Å². The van der Waals surface area contributed by atoms with Crippen LogP contribution < -0.4 is 5.32 Å². The van der Waals surface area contributed by atoms with E-state index in [0.717, 1.165) is 22.1 Å². The van der Waals surface area contributed by atoms with E-state index in [9.17, 15) is 4.79 Å². The molecule has 1 atom stereocenters. The average Bonchev–Trinajstić information content (AvgIpc) is 3.12. The summed E-state index contributed by atoms with van der Waals surface area (Å²) in [6.45, 7) is 6.58. The number of thioether (sulfide) groups is 1. The normalized spacial score (nSPS) is 12.0. The first kappa shape index (κ1) is 21.7. The molecule has 1 N–H and O–H groups in total. The van der Waals surface area contributed by atoms with Gasteiger partial charge in [0.05, 0.1) is 16.1 Å². The fraction of sp³-hybridized carbons (Fsp3) is 0.286. The highest BCUT2D eigenvalue weighted by Gasteiger charge is 2.20. The highest BCUT2D eigenvalue weighted by atomic mass is 35.5. The number of carbonyl (C=O) groups is 1. The number of benzene rings is 2.